The molecule has 3 amide bonds. The molecule has 3 aromatic carbocycles. The van der Waals surface area contributed by atoms with Crippen LogP contribution in [-0.4, -0.2) is 55.7 Å². The lowest BCUT2D eigenvalue weighted by Gasteiger charge is -2.16. The number of nitrogens with one attached hydrogen (secondary N) is 2. The van der Waals surface area contributed by atoms with Gasteiger partial charge in [-0.2, -0.15) is 0 Å². The molecule has 3 fully saturated rings. The van der Waals surface area contributed by atoms with E-state index in [0.717, 1.165) is 23.5 Å². The molecule has 3 aliphatic heterocycles. The van der Waals surface area contributed by atoms with Crippen molar-refractivity contribution in [2.24, 2.45) is 0 Å². The van der Waals surface area contributed by atoms with Crippen molar-refractivity contribution < 1.29 is 19.1 Å². The quantitative estimate of drug-likeness (QED) is 0.571. The van der Waals surface area contributed by atoms with Crippen LogP contribution in [0.2, 0.25) is 0 Å². The van der Waals surface area contributed by atoms with Gasteiger partial charge >= 0.3 is 6.09 Å². The van der Waals surface area contributed by atoms with Gasteiger partial charge in [-0.1, -0.05) is 66.7 Å². The molecule has 0 bridgehead atoms. The number of hydrogen-bond donors (Lipinski definition) is 2. The minimum absolute atomic E-state index is 0.0962. The first-order valence-electron chi connectivity index (χ1n) is 12.2. The molecule has 0 spiro atoms. The number of rotatable bonds is 4. The molecule has 0 unspecified atom stereocenters. The average Bonchev–Trinajstić information content (AvgIpc) is 3.68. The maximum absolute atomic E-state index is 11.1. The van der Waals surface area contributed by atoms with Crippen LogP contribution in [0, 0.1) is 0 Å². The van der Waals surface area contributed by atoms with E-state index in [0.29, 0.717) is 39.3 Å². The van der Waals surface area contributed by atoms with Gasteiger partial charge in [0.15, 0.2) is 0 Å². The number of hydrazine groups is 1. The summed E-state index contributed by atoms with van der Waals surface area (Å²) in [6.45, 7) is 3.74. The number of hydrogen-bond acceptors (Lipinski definition) is 6. The van der Waals surface area contributed by atoms with E-state index >= 15 is 0 Å². The highest BCUT2D eigenvalue weighted by Gasteiger charge is 2.21. The van der Waals surface area contributed by atoms with Crippen LogP contribution in [0.15, 0.2) is 91.0 Å². The molecule has 0 aliphatic carbocycles. The number of para-hydroxylation sites is 2. The first kappa shape index (κ1) is 25.6. The Kier molecular flexibility index (Phi) is 8.96. The van der Waals surface area contributed by atoms with Gasteiger partial charge in [0.05, 0.1) is 25.4 Å². The van der Waals surface area contributed by atoms with Crippen molar-refractivity contribution in [3.8, 4) is 0 Å². The first-order valence-corrected chi connectivity index (χ1v) is 12.2. The number of cyclic esters (lactones) is 1. The van der Waals surface area contributed by atoms with Crippen LogP contribution < -0.4 is 20.7 Å². The topological polar surface area (TPSA) is 94.2 Å². The SMILES string of the molecule is O=C1CCN(c2ccccc2)N1.O=C1CN(c2ccccc2)CN1.O=C1OCCN1Cc1ccccc1. The van der Waals surface area contributed by atoms with E-state index in [9.17, 15) is 14.4 Å². The summed E-state index contributed by atoms with van der Waals surface area (Å²) in [6, 6.07) is 29.7. The lowest BCUT2D eigenvalue weighted by atomic mass is 10.2. The van der Waals surface area contributed by atoms with Gasteiger partial charge in [0.2, 0.25) is 11.8 Å². The van der Waals surface area contributed by atoms with E-state index < -0.39 is 0 Å². The molecule has 3 aromatic rings. The van der Waals surface area contributed by atoms with E-state index in [1.165, 1.54) is 0 Å². The normalized spacial score (nSPS) is 16.2. The molecule has 0 atom stereocenters. The summed E-state index contributed by atoms with van der Waals surface area (Å²) < 4.78 is 4.82. The largest absolute Gasteiger partial charge is 0.448 e. The van der Waals surface area contributed by atoms with Crippen molar-refractivity contribution in [3.63, 3.8) is 0 Å². The Morgan fingerprint density at radius 1 is 0.730 bits per heavy atom. The minimum atomic E-state index is -0.205. The Labute approximate surface area is 216 Å². The third-order valence-electron chi connectivity index (χ3n) is 5.87. The predicted molar refractivity (Wildman–Crippen MR) is 142 cm³/mol. The summed E-state index contributed by atoms with van der Waals surface area (Å²) in [7, 11) is 0. The molecular formula is C28H31N5O4. The Hall–Kier alpha value is -4.53. The van der Waals surface area contributed by atoms with Gasteiger partial charge in [-0.25, -0.2) is 4.79 Å². The highest BCUT2D eigenvalue weighted by atomic mass is 16.6. The smallest absolute Gasteiger partial charge is 0.410 e. The minimum Gasteiger partial charge on any atom is -0.448 e. The zero-order valence-electron chi connectivity index (χ0n) is 20.6. The Bertz CT molecular complexity index is 1100. The van der Waals surface area contributed by atoms with Gasteiger partial charge in [-0.15, -0.1) is 0 Å². The third kappa shape index (κ3) is 7.73. The fourth-order valence-electron chi connectivity index (χ4n) is 3.94. The molecule has 0 aromatic heterocycles. The Morgan fingerprint density at radius 2 is 1.35 bits per heavy atom. The summed E-state index contributed by atoms with van der Waals surface area (Å²) in [6.07, 6.45) is 0.387. The highest BCUT2D eigenvalue weighted by molar-refractivity contribution is 5.84. The number of amides is 3. The Balaban J connectivity index is 0.000000130. The second kappa shape index (κ2) is 13.0. The van der Waals surface area contributed by atoms with Crippen molar-refractivity contribution in [1.29, 1.82) is 0 Å². The third-order valence-corrected chi connectivity index (χ3v) is 5.87. The zero-order chi connectivity index (χ0) is 25.9. The summed E-state index contributed by atoms with van der Waals surface area (Å²) in [4.78, 5) is 36.5. The highest BCUT2D eigenvalue weighted by Crippen LogP contribution is 2.15. The number of benzene rings is 3. The summed E-state index contributed by atoms with van der Waals surface area (Å²) >= 11 is 0. The van der Waals surface area contributed by atoms with Crippen LogP contribution in [0.3, 0.4) is 0 Å². The van der Waals surface area contributed by atoms with Crippen LogP contribution >= 0.6 is 0 Å². The van der Waals surface area contributed by atoms with Crippen molar-refractivity contribution in [3.05, 3.63) is 96.6 Å². The van der Waals surface area contributed by atoms with E-state index in [1.54, 1.807) is 4.90 Å². The lowest BCUT2D eigenvalue weighted by Crippen LogP contribution is -2.32. The van der Waals surface area contributed by atoms with Crippen molar-refractivity contribution in [1.82, 2.24) is 15.6 Å². The fraction of sp³-hybridized carbons (Fsp3) is 0.250. The second-order valence-electron chi connectivity index (χ2n) is 8.59. The monoisotopic (exact) mass is 501 g/mol. The molecule has 0 saturated carbocycles. The van der Waals surface area contributed by atoms with Crippen LogP contribution in [0.5, 0.6) is 0 Å². The number of carbonyl (C=O) groups is 3. The molecule has 9 heteroatoms. The average molecular weight is 502 g/mol. The Morgan fingerprint density at radius 3 is 1.86 bits per heavy atom. The van der Waals surface area contributed by atoms with Gasteiger partial charge < -0.3 is 19.9 Å². The van der Waals surface area contributed by atoms with E-state index in [1.807, 2.05) is 101 Å². The molecule has 6 rings (SSSR count). The van der Waals surface area contributed by atoms with E-state index in [2.05, 4.69) is 10.7 Å². The fourth-order valence-corrected chi connectivity index (χ4v) is 3.94. The summed E-state index contributed by atoms with van der Waals surface area (Å²) in [5.74, 6) is 0.192. The molecular weight excluding hydrogens is 470 g/mol. The molecule has 37 heavy (non-hydrogen) atoms. The predicted octanol–water partition coefficient (Wildman–Crippen LogP) is 3.15. The van der Waals surface area contributed by atoms with E-state index in [4.69, 9.17) is 4.74 Å². The standard InChI is InChI=1S/C10H11NO2.2C9H10N2O/c12-10-11(6-7-13-10)8-9-4-2-1-3-5-9;12-9-6-11(7-10-9)8-4-2-1-3-5-8;12-9-6-7-11(10-9)8-4-2-1-3-5-8/h1-5H,6-8H2;2*1-5H,6-7H2,(H,10,12). The van der Waals surface area contributed by atoms with Gasteiger partial charge in [-0.3, -0.25) is 20.0 Å². The van der Waals surface area contributed by atoms with Gasteiger partial charge in [0, 0.05) is 25.2 Å². The maximum atomic E-state index is 11.1. The number of ether oxygens (including phenoxy) is 1. The summed E-state index contributed by atoms with van der Waals surface area (Å²) in [5, 5.41) is 4.62. The number of nitrogens with zero attached hydrogens (tertiary/aromatic N) is 3. The van der Waals surface area contributed by atoms with Crippen LogP contribution in [-0.2, 0) is 20.9 Å². The number of carbonyl (C=O) groups excluding carboxylic acids is 3. The van der Waals surface area contributed by atoms with Crippen LogP contribution in [0.25, 0.3) is 0 Å². The van der Waals surface area contributed by atoms with Gasteiger partial charge in [0.25, 0.3) is 0 Å². The molecule has 0 radical (unpaired) electrons. The number of anilines is 2. The first-order chi connectivity index (χ1) is 18.1. The van der Waals surface area contributed by atoms with Gasteiger partial charge in [0.1, 0.15) is 6.61 Å². The molecule has 2 N–H and O–H groups in total. The molecule has 3 saturated heterocycles. The molecule has 9 nitrogen and oxygen atoms in total. The van der Waals surface area contributed by atoms with Gasteiger partial charge in [-0.05, 0) is 29.8 Å². The van der Waals surface area contributed by atoms with Crippen LogP contribution in [0.1, 0.15) is 12.0 Å². The maximum Gasteiger partial charge on any atom is 0.410 e. The van der Waals surface area contributed by atoms with Crippen LogP contribution in [0.4, 0.5) is 16.2 Å². The molecule has 192 valence electrons. The second-order valence-corrected chi connectivity index (χ2v) is 8.59. The zero-order valence-corrected chi connectivity index (χ0v) is 20.6. The molecule has 3 aliphatic rings. The summed E-state index contributed by atoms with van der Waals surface area (Å²) in [5.41, 5.74) is 6.04. The lowest BCUT2D eigenvalue weighted by molar-refractivity contribution is -0.119. The van der Waals surface area contributed by atoms with E-state index in [-0.39, 0.29) is 17.9 Å². The molecule has 3 heterocycles. The van der Waals surface area contributed by atoms with Crippen molar-refractivity contribution in [2.75, 3.05) is 42.8 Å². The van der Waals surface area contributed by atoms with Crippen molar-refractivity contribution >= 4 is 29.3 Å². The van der Waals surface area contributed by atoms with Crippen molar-refractivity contribution in [2.45, 2.75) is 13.0 Å².